The summed E-state index contributed by atoms with van der Waals surface area (Å²) in [6, 6.07) is 1.57. The molecular formula is C11H15F3N2O2S. The quantitative estimate of drug-likeness (QED) is 0.901. The molecule has 0 spiro atoms. The maximum absolute atomic E-state index is 12.3. The maximum atomic E-state index is 12.3. The minimum atomic E-state index is -4.42. The molecule has 1 unspecified atom stereocenters. The topological polar surface area (TPSA) is 73.0 Å². The summed E-state index contributed by atoms with van der Waals surface area (Å²) in [6.45, 7) is 0. The number of pyridine rings is 1. The maximum Gasteiger partial charge on any atom is 0.417 e. The van der Waals surface area contributed by atoms with Crippen LogP contribution in [-0.2, 0) is 16.0 Å². The zero-order chi connectivity index (χ0) is 14.7. The third kappa shape index (κ3) is 5.56. The van der Waals surface area contributed by atoms with Crippen LogP contribution in [0.25, 0.3) is 0 Å². The van der Waals surface area contributed by atoms with E-state index in [2.05, 4.69) is 4.98 Å². The van der Waals surface area contributed by atoms with Crippen molar-refractivity contribution in [2.75, 3.05) is 12.0 Å². The average molecular weight is 296 g/mol. The smallest absolute Gasteiger partial charge is 0.323 e. The van der Waals surface area contributed by atoms with Gasteiger partial charge in [-0.2, -0.15) is 13.2 Å². The number of rotatable bonds is 5. The number of alkyl halides is 3. The molecule has 1 rings (SSSR count). The van der Waals surface area contributed by atoms with Gasteiger partial charge in [0.05, 0.1) is 11.3 Å². The Morgan fingerprint density at radius 1 is 1.37 bits per heavy atom. The van der Waals surface area contributed by atoms with Gasteiger partial charge in [-0.15, -0.1) is 0 Å². The van der Waals surface area contributed by atoms with E-state index in [-0.39, 0.29) is 5.75 Å². The molecule has 0 aliphatic heterocycles. The van der Waals surface area contributed by atoms with Gasteiger partial charge in [-0.25, -0.2) is 8.42 Å². The van der Waals surface area contributed by atoms with Crippen LogP contribution in [0.5, 0.6) is 0 Å². The summed E-state index contributed by atoms with van der Waals surface area (Å²) >= 11 is 0. The number of hydrogen-bond acceptors (Lipinski definition) is 4. The van der Waals surface area contributed by atoms with Crippen molar-refractivity contribution in [1.82, 2.24) is 4.98 Å². The Balaban J connectivity index is 2.61. The fourth-order valence-corrected chi connectivity index (χ4v) is 2.20. The van der Waals surface area contributed by atoms with Gasteiger partial charge in [-0.05, 0) is 25.0 Å². The summed E-state index contributed by atoms with van der Waals surface area (Å²) in [5.74, 6) is 0.00132. The van der Waals surface area contributed by atoms with E-state index in [9.17, 15) is 21.6 Å². The van der Waals surface area contributed by atoms with E-state index in [1.807, 2.05) is 0 Å². The molecule has 0 aromatic carbocycles. The van der Waals surface area contributed by atoms with Gasteiger partial charge in [0.25, 0.3) is 0 Å². The molecule has 0 aliphatic carbocycles. The third-order valence-corrected chi connectivity index (χ3v) is 3.55. The lowest BCUT2D eigenvalue weighted by molar-refractivity contribution is -0.137. The average Bonchev–Trinajstić information content (AvgIpc) is 2.26. The van der Waals surface area contributed by atoms with Gasteiger partial charge in [-0.3, -0.25) is 4.98 Å². The molecule has 4 nitrogen and oxygen atoms in total. The number of aromatic nitrogens is 1. The van der Waals surface area contributed by atoms with Crippen LogP contribution in [0.4, 0.5) is 13.2 Å². The van der Waals surface area contributed by atoms with Gasteiger partial charge < -0.3 is 5.73 Å². The first-order chi connectivity index (χ1) is 8.59. The first-order valence-corrected chi connectivity index (χ1v) is 7.62. The van der Waals surface area contributed by atoms with Crippen molar-refractivity contribution in [2.45, 2.75) is 25.1 Å². The second-order valence-electron chi connectivity index (χ2n) is 4.35. The molecule has 108 valence electrons. The molecular weight excluding hydrogens is 281 g/mol. The largest absolute Gasteiger partial charge is 0.417 e. The van der Waals surface area contributed by atoms with E-state index in [1.165, 1.54) is 6.07 Å². The van der Waals surface area contributed by atoms with E-state index in [4.69, 9.17) is 5.73 Å². The molecule has 0 amide bonds. The minimum absolute atomic E-state index is 0.00132. The zero-order valence-electron chi connectivity index (χ0n) is 10.3. The lowest BCUT2D eigenvalue weighted by atomic mass is 10.1. The van der Waals surface area contributed by atoms with Gasteiger partial charge in [0.15, 0.2) is 0 Å². The highest BCUT2D eigenvalue weighted by molar-refractivity contribution is 7.90. The molecule has 0 radical (unpaired) electrons. The van der Waals surface area contributed by atoms with Crippen molar-refractivity contribution in [3.8, 4) is 0 Å². The van der Waals surface area contributed by atoms with Gasteiger partial charge in [0.1, 0.15) is 9.84 Å². The Morgan fingerprint density at radius 2 is 2.00 bits per heavy atom. The van der Waals surface area contributed by atoms with Crippen LogP contribution in [0.2, 0.25) is 0 Å². The van der Waals surface area contributed by atoms with Crippen LogP contribution in [-0.4, -0.2) is 25.4 Å². The predicted octanol–water partition coefficient (Wildman–Crippen LogP) is 1.93. The Hall–Kier alpha value is -1.15. The molecule has 0 saturated heterocycles. The highest BCUT2D eigenvalue weighted by atomic mass is 32.2. The van der Waals surface area contributed by atoms with Crippen molar-refractivity contribution in [3.05, 3.63) is 29.6 Å². The highest BCUT2D eigenvalue weighted by Crippen LogP contribution is 2.29. The second-order valence-corrected chi connectivity index (χ2v) is 6.61. The fraction of sp³-hybridized carbons (Fsp3) is 0.545. The van der Waals surface area contributed by atoms with E-state index < -0.39 is 27.6 Å². The summed E-state index contributed by atoms with van der Waals surface area (Å²) in [7, 11) is -3.05. The predicted molar refractivity (Wildman–Crippen MR) is 65.1 cm³/mol. The third-order valence-electron chi connectivity index (χ3n) is 2.52. The monoisotopic (exact) mass is 296 g/mol. The summed E-state index contributed by atoms with van der Waals surface area (Å²) in [4.78, 5) is 3.67. The van der Waals surface area contributed by atoms with E-state index in [0.717, 1.165) is 18.5 Å². The molecule has 0 aliphatic rings. The first-order valence-electron chi connectivity index (χ1n) is 5.56. The number of halogens is 3. The van der Waals surface area contributed by atoms with Crippen LogP contribution in [0.1, 0.15) is 30.1 Å². The van der Waals surface area contributed by atoms with Crippen LogP contribution < -0.4 is 5.73 Å². The number of hydrogen-bond donors (Lipinski definition) is 1. The molecule has 0 saturated carbocycles. The SMILES string of the molecule is CS(=O)(=O)CCCC(N)c1ccc(C(F)(F)F)cn1. The Kier molecular flexibility index (Phi) is 4.92. The molecule has 2 N–H and O–H groups in total. The molecule has 1 aromatic rings. The first kappa shape index (κ1) is 15.9. The minimum Gasteiger partial charge on any atom is -0.323 e. The molecule has 8 heteroatoms. The number of sulfone groups is 1. The van der Waals surface area contributed by atoms with Crippen molar-refractivity contribution in [2.24, 2.45) is 5.73 Å². The molecule has 1 heterocycles. The fourth-order valence-electron chi connectivity index (χ4n) is 1.51. The summed E-state index contributed by atoms with van der Waals surface area (Å²) < 4.78 is 58.8. The van der Waals surface area contributed by atoms with E-state index in [1.54, 1.807) is 0 Å². The van der Waals surface area contributed by atoms with Crippen molar-refractivity contribution in [3.63, 3.8) is 0 Å². The molecule has 1 aromatic heterocycles. The zero-order valence-corrected chi connectivity index (χ0v) is 11.1. The molecule has 1 atom stereocenters. The van der Waals surface area contributed by atoms with Crippen LogP contribution in [0.3, 0.4) is 0 Å². The standard InChI is InChI=1S/C11H15F3N2O2S/c1-19(17,18)6-2-3-9(15)10-5-4-8(7-16-10)11(12,13)14/h4-5,7,9H,2-3,6,15H2,1H3. The van der Waals surface area contributed by atoms with E-state index >= 15 is 0 Å². The normalized spacial score (nSPS) is 14.4. The Bertz CT molecular complexity index is 512. The van der Waals surface area contributed by atoms with Gasteiger partial charge in [-0.1, -0.05) is 0 Å². The van der Waals surface area contributed by atoms with Crippen LogP contribution >= 0.6 is 0 Å². The van der Waals surface area contributed by atoms with Crippen molar-refractivity contribution in [1.29, 1.82) is 0 Å². The van der Waals surface area contributed by atoms with Crippen molar-refractivity contribution < 1.29 is 21.6 Å². The lowest BCUT2D eigenvalue weighted by Gasteiger charge is -2.12. The summed E-state index contributed by atoms with van der Waals surface area (Å²) in [5, 5.41) is 0. The molecule has 0 fully saturated rings. The Morgan fingerprint density at radius 3 is 2.42 bits per heavy atom. The van der Waals surface area contributed by atoms with Gasteiger partial charge >= 0.3 is 6.18 Å². The number of nitrogens with two attached hydrogens (primary N) is 1. The molecule has 0 bridgehead atoms. The van der Waals surface area contributed by atoms with Gasteiger partial charge in [0.2, 0.25) is 0 Å². The van der Waals surface area contributed by atoms with Crippen molar-refractivity contribution >= 4 is 9.84 Å². The lowest BCUT2D eigenvalue weighted by Crippen LogP contribution is -2.15. The van der Waals surface area contributed by atoms with Crippen LogP contribution in [0.15, 0.2) is 18.3 Å². The second kappa shape index (κ2) is 5.87. The molecule has 19 heavy (non-hydrogen) atoms. The highest BCUT2D eigenvalue weighted by Gasteiger charge is 2.30. The summed E-state index contributed by atoms with van der Waals surface area (Å²) in [5.41, 5.74) is 5.23. The van der Waals surface area contributed by atoms with E-state index in [0.29, 0.717) is 18.5 Å². The summed E-state index contributed by atoms with van der Waals surface area (Å²) in [6.07, 6.45) is -1.87. The van der Waals surface area contributed by atoms with Crippen LogP contribution in [0, 0.1) is 0 Å². The van der Waals surface area contributed by atoms with Gasteiger partial charge in [0, 0.05) is 24.2 Å². The number of nitrogens with zero attached hydrogens (tertiary/aromatic N) is 1. The Labute approximate surface area is 109 Å².